The third-order valence-electron chi connectivity index (χ3n) is 3.31. The van der Waals surface area contributed by atoms with Gasteiger partial charge in [0.05, 0.1) is 24.2 Å². The summed E-state index contributed by atoms with van der Waals surface area (Å²) in [6.07, 6.45) is 0.919. The van der Waals surface area contributed by atoms with Crippen LogP contribution in [0.5, 0.6) is 0 Å². The van der Waals surface area contributed by atoms with Crippen molar-refractivity contribution < 1.29 is 5.11 Å². The van der Waals surface area contributed by atoms with Gasteiger partial charge in [-0.1, -0.05) is 19.1 Å². The number of hydrogen-bond acceptors (Lipinski definition) is 3. The number of fused-ring (bicyclic) bond motifs is 1. The molecule has 98 valence electrons. The van der Waals surface area contributed by atoms with E-state index >= 15 is 0 Å². The molecule has 2 rings (SSSR count). The Morgan fingerprint density at radius 2 is 2.11 bits per heavy atom. The van der Waals surface area contributed by atoms with E-state index in [1.807, 2.05) is 18.2 Å². The molecule has 1 heterocycles. The van der Waals surface area contributed by atoms with Crippen molar-refractivity contribution in [3.63, 3.8) is 0 Å². The summed E-state index contributed by atoms with van der Waals surface area (Å²) in [5, 5.41) is 12.5. The fraction of sp³-hybridized carbons (Fsp3) is 0.500. The average Bonchev–Trinajstić information content (AvgIpc) is 2.77. The molecule has 0 aliphatic rings. The van der Waals surface area contributed by atoms with Crippen LogP contribution in [0.3, 0.4) is 0 Å². The molecule has 0 radical (unpaired) electrons. The van der Waals surface area contributed by atoms with E-state index in [2.05, 4.69) is 34.8 Å². The Balaban J connectivity index is 2.22. The Hall–Kier alpha value is -1.39. The minimum absolute atomic E-state index is 0.148. The van der Waals surface area contributed by atoms with Crippen molar-refractivity contribution in [2.45, 2.75) is 39.4 Å². The molecule has 4 heteroatoms. The van der Waals surface area contributed by atoms with Crippen LogP contribution in [-0.2, 0) is 13.1 Å². The molecule has 0 fully saturated rings. The van der Waals surface area contributed by atoms with Gasteiger partial charge >= 0.3 is 0 Å². The van der Waals surface area contributed by atoms with Crippen LogP contribution in [0.4, 0.5) is 0 Å². The number of aromatic nitrogens is 2. The molecule has 0 aliphatic carbocycles. The van der Waals surface area contributed by atoms with Crippen molar-refractivity contribution in [1.29, 1.82) is 0 Å². The first-order valence-electron chi connectivity index (χ1n) is 6.58. The SMILES string of the molecule is CC[C@@H](CO)NCc1nc2ccccc2n1CC. The van der Waals surface area contributed by atoms with Crippen LogP contribution < -0.4 is 5.32 Å². The Bertz CT molecular complexity index is 503. The van der Waals surface area contributed by atoms with E-state index in [1.165, 1.54) is 5.52 Å². The van der Waals surface area contributed by atoms with Crippen LogP contribution in [0.1, 0.15) is 26.1 Å². The van der Waals surface area contributed by atoms with Gasteiger partial charge in [-0.05, 0) is 25.5 Å². The Morgan fingerprint density at radius 1 is 1.33 bits per heavy atom. The highest BCUT2D eigenvalue weighted by molar-refractivity contribution is 5.75. The highest BCUT2D eigenvalue weighted by Crippen LogP contribution is 2.15. The van der Waals surface area contributed by atoms with Crippen molar-refractivity contribution >= 4 is 11.0 Å². The fourth-order valence-corrected chi connectivity index (χ4v) is 2.19. The lowest BCUT2D eigenvalue weighted by atomic mass is 10.2. The first-order valence-corrected chi connectivity index (χ1v) is 6.58. The quantitative estimate of drug-likeness (QED) is 0.820. The number of benzene rings is 1. The van der Waals surface area contributed by atoms with Crippen LogP contribution in [-0.4, -0.2) is 27.3 Å². The number of aliphatic hydroxyl groups excluding tert-OH is 1. The molecule has 2 N–H and O–H groups in total. The minimum atomic E-state index is 0.148. The van der Waals surface area contributed by atoms with Crippen LogP contribution in [0.15, 0.2) is 24.3 Å². The molecule has 0 spiro atoms. The minimum Gasteiger partial charge on any atom is -0.395 e. The number of aliphatic hydroxyl groups is 1. The topological polar surface area (TPSA) is 50.1 Å². The van der Waals surface area contributed by atoms with Crippen molar-refractivity contribution in [3.8, 4) is 0 Å². The molecule has 0 aliphatic heterocycles. The average molecular weight is 247 g/mol. The third-order valence-corrected chi connectivity index (χ3v) is 3.31. The van der Waals surface area contributed by atoms with E-state index in [-0.39, 0.29) is 12.6 Å². The lowest BCUT2D eigenvalue weighted by Gasteiger charge is -2.14. The van der Waals surface area contributed by atoms with E-state index in [9.17, 15) is 5.11 Å². The summed E-state index contributed by atoms with van der Waals surface area (Å²) < 4.78 is 2.21. The summed E-state index contributed by atoms with van der Waals surface area (Å²) in [6, 6.07) is 8.33. The number of nitrogens with one attached hydrogen (secondary N) is 1. The molecule has 2 aromatic rings. The van der Waals surface area contributed by atoms with Gasteiger partial charge in [-0.3, -0.25) is 0 Å². The van der Waals surface area contributed by atoms with Gasteiger partial charge in [-0.2, -0.15) is 0 Å². The lowest BCUT2D eigenvalue weighted by molar-refractivity contribution is 0.237. The first kappa shape index (κ1) is 13.1. The first-order chi connectivity index (χ1) is 8.80. The number of para-hydroxylation sites is 2. The lowest BCUT2D eigenvalue weighted by Crippen LogP contribution is -2.32. The standard InChI is InChI=1S/C14H21N3O/c1-3-11(10-18)15-9-14-16-12-7-5-6-8-13(12)17(14)4-2/h5-8,11,15,18H,3-4,9-10H2,1-2H3/t11-/m0/s1. The molecule has 1 aromatic heterocycles. The van der Waals surface area contributed by atoms with Crippen LogP contribution in [0.2, 0.25) is 0 Å². The molecule has 1 atom stereocenters. The third kappa shape index (κ3) is 2.54. The molecular weight excluding hydrogens is 226 g/mol. The van der Waals surface area contributed by atoms with Gasteiger partial charge in [-0.25, -0.2) is 4.98 Å². The molecule has 1 aromatic carbocycles. The maximum absolute atomic E-state index is 9.18. The van der Waals surface area contributed by atoms with Crippen molar-refractivity contribution in [1.82, 2.24) is 14.9 Å². The molecule has 0 saturated heterocycles. The van der Waals surface area contributed by atoms with Crippen molar-refractivity contribution in [2.75, 3.05) is 6.61 Å². The summed E-state index contributed by atoms with van der Waals surface area (Å²) in [7, 11) is 0. The number of aryl methyl sites for hydroxylation is 1. The number of hydrogen-bond donors (Lipinski definition) is 2. The maximum atomic E-state index is 9.18. The Kier molecular flexibility index (Phi) is 4.33. The normalized spacial score (nSPS) is 13.1. The van der Waals surface area contributed by atoms with Gasteiger partial charge in [0.1, 0.15) is 5.82 Å². The smallest absolute Gasteiger partial charge is 0.123 e. The van der Waals surface area contributed by atoms with Crippen LogP contribution in [0, 0.1) is 0 Å². The summed E-state index contributed by atoms with van der Waals surface area (Å²) in [6.45, 7) is 5.97. The zero-order chi connectivity index (χ0) is 13.0. The van der Waals surface area contributed by atoms with E-state index in [4.69, 9.17) is 0 Å². The predicted octanol–water partition coefficient (Wildman–Crippen LogP) is 1.92. The van der Waals surface area contributed by atoms with Gasteiger partial charge < -0.3 is 15.0 Å². The van der Waals surface area contributed by atoms with Crippen molar-refractivity contribution in [2.24, 2.45) is 0 Å². The highest BCUT2D eigenvalue weighted by atomic mass is 16.3. The molecule has 4 nitrogen and oxygen atoms in total. The Labute approximate surface area is 108 Å². The number of nitrogens with zero attached hydrogens (tertiary/aromatic N) is 2. The van der Waals surface area contributed by atoms with Crippen LogP contribution in [0.25, 0.3) is 11.0 Å². The van der Waals surface area contributed by atoms with Gasteiger partial charge in [-0.15, -0.1) is 0 Å². The highest BCUT2D eigenvalue weighted by Gasteiger charge is 2.10. The fourth-order valence-electron chi connectivity index (χ4n) is 2.19. The molecule has 0 unspecified atom stereocenters. The van der Waals surface area contributed by atoms with E-state index < -0.39 is 0 Å². The molecule has 0 bridgehead atoms. The number of rotatable bonds is 6. The second-order valence-electron chi connectivity index (χ2n) is 4.43. The summed E-state index contributed by atoms with van der Waals surface area (Å²) in [5.74, 6) is 1.03. The molecular formula is C14H21N3O. The van der Waals surface area contributed by atoms with Gasteiger partial charge in [0.15, 0.2) is 0 Å². The summed E-state index contributed by atoms with van der Waals surface area (Å²) in [5.41, 5.74) is 2.21. The monoisotopic (exact) mass is 247 g/mol. The second kappa shape index (κ2) is 5.98. The van der Waals surface area contributed by atoms with Gasteiger partial charge in [0, 0.05) is 12.6 Å². The predicted molar refractivity (Wildman–Crippen MR) is 73.4 cm³/mol. The van der Waals surface area contributed by atoms with Crippen LogP contribution >= 0.6 is 0 Å². The van der Waals surface area contributed by atoms with E-state index in [1.54, 1.807) is 0 Å². The maximum Gasteiger partial charge on any atom is 0.123 e. The van der Waals surface area contributed by atoms with E-state index in [0.717, 1.165) is 24.3 Å². The molecule has 0 amide bonds. The molecule has 18 heavy (non-hydrogen) atoms. The largest absolute Gasteiger partial charge is 0.395 e. The number of imidazole rings is 1. The Morgan fingerprint density at radius 3 is 2.78 bits per heavy atom. The van der Waals surface area contributed by atoms with E-state index in [0.29, 0.717) is 6.54 Å². The summed E-state index contributed by atoms with van der Waals surface area (Å²) in [4.78, 5) is 4.64. The summed E-state index contributed by atoms with van der Waals surface area (Å²) >= 11 is 0. The van der Waals surface area contributed by atoms with Gasteiger partial charge in [0.25, 0.3) is 0 Å². The second-order valence-corrected chi connectivity index (χ2v) is 4.43. The molecule has 0 saturated carbocycles. The van der Waals surface area contributed by atoms with Crippen molar-refractivity contribution in [3.05, 3.63) is 30.1 Å². The zero-order valence-corrected chi connectivity index (χ0v) is 11.1. The van der Waals surface area contributed by atoms with Gasteiger partial charge in [0.2, 0.25) is 0 Å². The zero-order valence-electron chi connectivity index (χ0n) is 11.1.